The van der Waals surface area contributed by atoms with Gasteiger partial charge in [-0.05, 0) is 31.9 Å². The fourth-order valence-electron chi connectivity index (χ4n) is 2.51. The van der Waals surface area contributed by atoms with Gasteiger partial charge in [0.2, 0.25) is 0 Å². The number of hydrogen-bond acceptors (Lipinski definition) is 3. The molecule has 0 aromatic heterocycles. The zero-order chi connectivity index (χ0) is 8.94. The van der Waals surface area contributed by atoms with E-state index < -0.39 is 0 Å². The van der Waals surface area contributed by atoms with Gasteiger partial charge in [-0.15, -0.1) is 0 Å². The first-order valence-corrected chi connectivity index (χ1v) is 6.40. The Kier molecular flexibility index (Phi) is 1.74. The van der Waals surface area contributed by atoms with Crippen molar-refractivity contribution in [1.82, 2.24) is 5.32 Å². The summed E-state index contributed by atoms with van der Waals surface area (Å²) >= 11 is 2.01. The molecule has 0 aromatic rings. The molecule has 1 saturated carbocycles. The summed E-state index contributed by atoms with van der Waals surface area (Å²) in [6.45, 7) is 3.34. The standard InChI is InChI=1S/C10H17NOS/c1-8-9(2-3-9)6-12-10(11-8)4-5-13-7-10/h8,11H,2-7H2,1H3. The summed E-state index contributed by atoms with van der Waals surface area (Å²) in [5.41, 5.74) is 0.580. The molecule has 3 aliphatic rings. The molecule has 13 heavy (non-hydrogen) atoms. The molecule has 2 atom stereocenters. The highest BCUT2D eigenvalue weighted by Crippen LogP contribution is 2.53. The third-order valence-electron chi connectivity index (χ3n) is 3.91. The normalized spacial score (nSPS) is 47.3. The van der Waals surface area contributed by atoms with E-state index in [0.717, 1.165) is 12.4 Å². The van der Waals surface area contributed by atoms with Gasteiger partial charge in [0.15, 0.2) is 0 Å². The van der Waals surface area contributed by atoms with Crippen LogP contribution in [0.25, 0.3) is 0 Å². The monoisotopic (exact) mass is 199 g/mol. The van der Waals surface area contributed by atoms with Crippen molar-refractivity contribution in [3.63, 3.8) is 0 Å². The molecule has 3 rings (SSSR count). The zero-order valence-corrected chi connectivity index (χ0v) is 8.95. The summed E-state index contributed by atoms with van der Waals surface area (Å²) in [5.74, 6) is 2.40. The third-order valence-corrected chi connectivity index (χ3v) is 5.07. The summed E-state index contributed by atoms with van der Waals surface area (Å²) in [6, 6.07) is 0.667. The van der Waals surface area contributed by atoms with Crippen LogP contribution in [0.1, 0.15) is 26.2 Å². The molecule has 2 heterocycles. The van der Waals surface area contributed by atoms with E-state index in [2.05, 4.69) is 12.2 Å². The van der Waals surface area contributed by atoms with E-state index in [1.807, 2.05) is 11.8 Å². The molecule has 1 aliphatic carbocycles. The lowest BCUT2D eigenvalue weighted by Crippen LogP contribution is -2.60. The molecule has 0 radical (unpaired) electrons. The lowest BCUT2D eigenvalue weighted by atomic mass is 9.94. The van der Waals surface area contributed by atoms with Crippen molar-refractivity contribution in [3.8, 4) is 0 Å². The number of thioether (sulfide) groups is 1. The van der Waals surface area contributed by atoms with Gasteiger partial charge in [0.25, 0.3) is 0 Å². The molecule has 0 aromatic carbocycles. The SMILES string of the molecule is CC1NC2(CCSC2)OCC12CC2. The Balaban J connectivity index is 1.75. The van der Waals surface area contributed by atoms with Gasteiger partial charge < -0.3 is 4.74 Å². The molecular weight excluding hydrogens is 182 g/mol. The third kappa shape index (κ3) is 1.24. The summed E-state index contributed by atoms with van der Waals surface area (Å²) in [5, 5.41) is 3.70. The van der Waals surface area contributed by atoms with Gasteiger partial charge >= 0.3 is 0 Å². The minimum absolute atomic E-state index is 0.0535. The Labute approximate surface area is 83.8 Å². The highest BCUT2D eigenvalue weighted by Gasteiger charge is 2.55. The van der Waals surface area contributed by atoms with Crippen molar-refractivity contribution in [3.05, 3.63) is 0 Å². The van der Waals surface area contributed by atoms with Gasteiger partial charge in [-0.3, -0.25) is 5.32 Å². The number of nitrogens with one attached hydrogen (secondary N) is 1. The van der Waals surface area contributed by atoms with Gasteiger partial charge in [-0.25, -0.2) is 0 Å². The van der Waals surface area contributed by atoms with Crippen LogP contribution in [-0.2, 0) is 4.74 Å². The fourth-order valence-corrected chi connectivity index (χ4v) is 3.77. The molecule has 1 N–H and O–H groups in total. The highest BCUT2D eigenvalue weighted by atomic mass is 32.2. The number of hydrogen-bond donors (Lipinski definition) is 1. The van der Waals surface area contributed by atoms with Gasteiger partial charge in [-0.1, -0.05) is 0 Å². The molecule has 2 aliphatic heterocycles. The molecule has 3 fully saturated rings. The van der Waals surface area contributed by atoms with Crippen LogP contribution in [0.2, 0.25) is 0 Å². The largest absolute Gasteiger partial charge is 0.359 e. The summed E-state index contributed by atoms with van der Waals surface area (Å²) in [7, 11) is 0. The molecule has 3 heteroatoms. The molecule has 2 spiro atoms. The maximum atomic E-state index is 6.04. The van der Waals surface area contributed by atoms with E-state index in [0.29, 0.717) is 11.5 Å². The molecule has 2 nitrogen and oxygen atoms in total. The molecule has 0 bridgehead atoms. The average molecular weight is 199 g/mol. The van der Waals surface area contributed by atoms with E-state index in [1.165, 1.54) is 25.0 Å². The van der Waals surface area contributed by atoms with E-state index >= 15 is 0 Å². The lowest BCUT2D eigenvalue weighted by molar-refractivity contribution is -0.122. The summed E-state index contributed by atoms with van der Waals surface area (Å²) in [4.78, 5) is 0. The lowest BCUT2D eigenvalue weighted by Gasteiger charge is -2.43. The molecular formula is C10H17NOS. The maximum absolute atomic E-state index is 6.04. The van der Waals surface area contributed by atoms with E-state index in [-0.39, 0.29) is 5.72 Å². The Hall–Kier alpha value is 0.270. The van der Waals surface area contributed by atoms with Gasteiger partial charge in [0.05, 0.1) is 6.61 Å². The first-order chi connectivity index (χ1) is 6.25. The van der Waals surface area contributed by atoms with Crippen LogP contribution in [0.15, 0.2) is 0 Å². The van der Waals surface area contributed by atoms with Crippen LogP contribution in [0.4, 0.5) is 0 Å². The molecule has 2 unspecified atom stereocenters. The van der Waals surface area contributed by atoms with E-state index in [4.69, 9.17) is 4.74 Å². The van der Waals surface area contributed by atoms with Crippen LogP contribution >= 0.6 is 11.8 Å². The second-order valence-electron chi connectivity index (χ2n) is 4.81. The van der Waals surface area contributed by atoms with Crippen molar-refractivity contribution < 1.29 is 4.74 Å². The number of ether oxygens (including phenoxy) is 1. The van der Waals surface area contributed by atoms with Crippen molar-refractivity contribution in [1.29, 1.82) is 0 Å². The van der Waals surface area contributed by atoms with Crippen LogP contribution in [0.5, 0.6) is 0 Å². The van der Waals surface area contributed by atoms with Gasteiger partial charge in [0, 0.05) is 17.2 Å². The Morgan fingerprint density at radius 2 is 2.23 bits per heavy atom. The van der Waals surface area contributed by atoms with Gasteiger partial charge in [-0.2, -0.15) is 11.8 Å². The zero-order valence-electron chi connectivity index (χ0n) is 8.14. The molecule has 0 amide bonds. The smallest absolute Gasteiger partial charge is 0.129 e. The van der Waals surface area contributed by atoms with E-state index in [1.54, 1.807) is 0 Å². The second-order valence-corrected chi connectivity index (χ2v) is 5.92. The van der Waals surface area contributed by atoms with Crippen LogP contribution in [0, 0.1) is 5.41 Å². The van der Waals surface area contributed by atoms with Crippen molar-refractivity contribution >= 4 is 11.8 Å². The van der Waals surface area contributed by atoms with Crippen molar-refractivity contribution in [2.45, 2.75) is 38.0 Å². The first-order valence-electron chi connectivity index (χ1n) is 5.24. The summed E-state index contributed by atoms with van der Waals surface area (Å²) in [6.07, 6.45) is 3.92. The minimum atomic E-state index is 0.0535. The van der Waals surface area contributed by atoms with Crippen molar-refractivity contribution in [2.24, 2.45) is 5.41 Å². The molecule has 2 saturated heterocycles. The number of rotatable bonds is 0. The Bertz CT molecular complexity index is 221. The fraction of sp³-hybridized carbons (Fsp3) is 1.00. The first kappa shape index (κ1) is 8.57. The Morgan fingerprint density at radius 1 is 1.38 bits per heavy atom. The average Bonchev–Trinajstić information content (AvgIpc) is 2.78. The predicted molar refractivity (Wildman–Crippen MR) is 54.9 cm³/mol. The van der Waals surface area contributed by atoms with Crippen molar-refractivity contribution in [2.75, 3.05) is 18.1 Å². The quantitative estimate of drug-likeness (QED) is 0.640. The predicted octanol–water partition coefficient (Wildman–Crippen LogP) is 1.61. The maximum Gasteiger partial charge on any atom is 0.129 e. The highest BCUT2D eigenvalue weighted by molar-refractivity contribution is 7.99. The van der Waals surface area contributed by atoms with Crippen LogP contribution in [-0.4, -0.2) is 29.9 Å². The van der Waals surface area contributed by atoms with Gasteiger partial charge in [0.1, 0.15) is 5.72 Å². The Morgan fingerprint density at radius 3 is 2.77 bits per heavy atom. The van der Waals surface area contributed by atoms with E-state index in [9.17, 15) is 0 Å². The molecule has 74 valence electrons. The minimum Gasteiger partial charge on any atom is -0.359 e. The van der Waals surface area contributed by atoms with Crippen LogP contribution < -0.4 is 5.32 Å². The van der Waals surface area contributed by atoms with Crippen LogP contribution in [0.3, 0.4) is 0 Å². The second kappa shape index (κ2) is 2.65. The topological polar surface area (TPSA) is 21.3 Å². The summed E-state index contributed by atoms with van der Waals surface area (Å²) < 4.78 is 6.04.